The summed E-state index contributed by atoms with van der Waals surface area (Å²) in [6.45, 7) is 4.22. The molecule has 1 aliphatic rings. The smallest absolute Gasteiger partial charge is 0.251 e. The Hall–Kier alpha value is -1.79. The van der Waals surface area contributed by atoms with Crippen LogP contribution in [0.3, 0.4) is 0 Å². The van der Waals surface area contributed by atoms with Crippen molar-refractivity contribution in [2.24, 2.45) is 5.92 Å². The fourth-order valence-corrected chi connectivity index (χ4v) is 2.83. The first kappa shape index (κ1) is 15.6. The van der Waals surface area contributed by atoms with Crippen molar-refractivity contribution in [2.45, 2.75) is 45.6 Å². The van der Waals surface area contributed by atoms with E-state index in [4.69, 9.17) is 5.11 Å². The van der Waals surface area contributed by atoms with E-state index in [1.807, 2.05) is 25.1 Å². The van der Waals surface area contributed by atoms with Gasteiger partial charge in [0.1, 0.15) is 0 Å². The predicted molar refractivity (Wildman–Crippen MR) is 84.0 cm³/mol. The second kappa shape index (κ2) is 7.28. The Bertz CT molecular complexity index is 568. The molecule has 2 unspecified atom stereocenters. The van der Waals surface area contributed by atoms with Gasteiger partial charge in [-0.3, -0.25) is 4.79 Å². The quantitative estimate of drug-likeness (QED) is 0.839. The highest BCUT2D eigenvalue weighted by Gasteiger charge is 2.23. The van der Waals surface area contributed by atoms with Crippen molar-refractivity contribution in [1.82, 2.24) is 5.32 Å². The molecule has 0 aromatic heterocycles. The zero-order chi connectivity index (χ0) is 15.2. The van der Waals surface area contributed by atoms with E-state index >= 15 is 0 Å². The fourth-order valence-electron chi connectivity index (χ4n) is 2.83. The molecule has 112 valence electrons. The molecule has 0 heterocycles. The summed E-state index contributed by atoms with van der Waals surface area (Å²) in [5.74, 6) is 6.62. The van der Waals surface area contributed by atoms with Crippen molar-refractivity contribution in [1.29, 1.82) is 0 Å². The minimum absolute atomic E-state index is 0.00240. The maximum Gasteiger partial charge on any atom is 0.251 e. The average molecular weight is 285 g/mol. The number of hydrogen-bond acceptors (Lipinski definition) is 2. The van der Waals surface area contributed by atoms with Gasteiger partial charge in [-0.25, -0.2) is 0 Å². The van der Waals surface area contributed by atoms with Crippen LogP contribution in [-0.4, -0.2) is 23.7 Å². The maximum atomic E-state index is 12.4. The summed E-state index contributed by atoms with van der Waals surface area (Å²) in [6, 6.07) is 5.92. The number of aliphatic hydroxyl groups excluding tert-OH is 1. The molecule has 21 heavy (non-hydrogen) atoms. The zero-order valence-electron chi connectivity index (χ0n) is 12.8. The standard InChI is InChI=1S/C18H23NO2/c1-13-9-10-16(12-13)19-18(21)17-8-5-7-15(14(17)2)6-3-4-11-20/h5,7-8,13,16,20H,4,9-12H2,1-2H3,(H,19,21). The molecule has 0 spiro atoms. The lowest BCUT2D eigenvalue weighted by molar-refractivity contribution is 0.0936. The van der Waals surface area contributed by atoms with Crippen LogP contribution in [-0.2, 0) is 0 Å². The lowest BCUT2D eigenvalue weighted by Crippen LogP contribution is -2.33. The second-order valence-corrected chi connectivity index (χ2v) is 5.84. The van der Waals surface area contributed by atoms with Crippen LogP contribution in [0.25, 0.3) is 0 Å². The minimum Gasteiger partial charge on any atom is -0.395 e. The van der Waals surface area contributed by atoms with Crippen LogP contribution in [0.15, 0.2) is 18.2 Å². The summed E-state index contributed by atoms with van der Waals surface area (Å²) in [4.78, 5) is 12.4. The van der Waals surface area contributed by atoms with Crippen molar-refractivity contribution < 1.29 is 9.90 Å². The molecule has 2 atom stereocenters. The van der Waals surface area contributed by atoms with Crippen molar-refractivity contribution >= 4 is 5.91 Å². The highest BCUT2D eigenvalue weighted by atomic mass is 16.2. The van der Waals surface area contributed by atoms with Gasteiger partial charge >= 0.3 is 0 Å². The van der Waals surface area contributed by atoms with Gasteiger partial charge in [0.25, 0.3) is 5.91 Å². The predicted octanol–water partition coefficient (Wildman–Crippen LogP) is 2.65. The van der Waals surface area contributed by atoms with Crippen LogP contribution >= 0.6 is 0 Å². The van der Waals surface area contributed by atoms with E-state index in [0.717, 1.165) is 24.0 Å². The summed E-state index contributed by atoms with van der Waals surface area (Å²) in [6.07, 6.45) is 3.79. The molecule has 1 aliphatic carbocycles. The normalized spacial score (nSPS) is 20.7. The zero-order valence-corrected chi connectivity index (χ0v) is 12.8. The third-order valence-corrected chi connectivity index (χ3v) is 4.07. The largest absolute Gasteiger partial charge is 0.395 e. The Morgan fingerprint density at radius 2 is 2.24 bits per heavy atom. The van der Waals surface area contributed by atoms with E-state index in [-0.39, 0.29) is 12.5 Å². The Morgan fingerprint density at radius 3 is 2.90 bits per heavy atom. The third-order valence-electron chi connectivity index (χ3n) is 4.07. The third kappa shape index (κ3) is 4.09. The van der Waals surface area contributed by atoms with Gasteiger partial charge in [0, 0.05) is 23.6 Å². The first-order valence-corrected chi connectivity index (χ1v) is 7.62. The molecule has 0 saturated heterocycles. The summed E-state index contributed by atoms with van der Waals surface area (Å²) < 4.78 is 0. The van der Waals surface area contributed by atoms with E-state index in [9.17, 15) is 4.79 Å². The minimum atomic E-state index is -0.00240. The Morgan fingerprint density at radius 1 is 1.43 bits per heavy atom. The monoisotopic (exact) mass is 285 g/mol. The summed E-state index contributed by atoms with van der Waals surface area (Å²) in [5.41, 5.74) is 2.47. The number of benzene rings is 1. The number of hydrogen-bond donors (Lipinski definition) is 2. The molecule has 3 heteroatoms. The summed E-state index contributed by atoms with van der Waals surface area (Å²) in [7, 11) is 0. The summed E-state index contributed by atoms with van der Waals surface area (Å²) in [5, 5.41) is 11.9. The Kier molecular flexibility index (Phi) is 5.41. The molecular weight excluding hydrogens is 262 g/mol. The molecule has 1 saturated carbocycles. The van der Waals surface area contributed by atoms with Crippen molar-refractivity contribution in [3.63, 3.8) is 0 Å². The van der Waals surface area contributed by atoms with Crippen LogP contribution < -0.4 is 5.32 Å². The topological polar surface area (TPSA) is 49.3 Å². The molecule has 1 aromatic carbocycles. The number of rotatable bonds is 3. The van der Waals surface area contributed by atoms with Gasteiger partial charge in [-0.15, -0.1) is 0 Å². The van der Waals surface area contributed by atoms with Gasteiger partial charge in [-0.2, -0.15) is 0 Å². The molecule has 0 bridgehead atoms. The summed E-state index contributed by atoms with van der Waals surface area (Å²) >= 11 is 0. The first-order chi connectivity index (χ1) is 10.1. The van der Waals surface area contributed by atoms with E-state index in [2.05, 4.69) is 24.1 Å². The molecule has 0 radical (unpaired) electrons. The number of amides is 1. The fraction of sp³-hybridized carbons (Fsp3) is 0.500. The van der Waals surface area contributed by atoms with Gasteiger partial charge < -0.3 is 10.4 Å². The first-order valence-electron chi connectivity index (χ1n) is 7.62. The lowest BCUT2D eigenvalue weighted by atomic mass is 10.0. The molecule has 3 nitrogen and oxygen atoms in total. The van der Waals surface area contributed by atoms with Crippen molar-refractivity contribution in [3.8, 4) is 11.8 Å². The van der Waals surface area contributed by atoms with E-state index in [0.29, 0.717) is 23.9 Å². The highest BCUT2D eigenvalue weighted by Crippen LogP contribution is 2.25. The number of carbonyl (C=O) groups is 1. The maximum absolute atomic E-state index is 12.4. The number of aliphatic hydroxyl groups is 1. The van der Waals surface area contributed by atoms with Gasteiger partial charge in [-0.05, 0) is 49.8 Å². The Balaban J connectivity index is 2.11. The molecule has 0 aliphatic heterocycles. The number of carbonyl (C=O) groups excluding carboxylic acids is 1. The van der Waals surface area contributed by atoms with Gasteiger partial charge in [0.15, 0.2) is 0 Å². The Labute approximate surface area is 126 Å². The van der Waals surface area contributed by atoms with E-state index in [1.54, 1.807) is 0 Å². The lowest BCUT2D eigenvalue weighted by Gasteiger charge is -2.14. The highest BCUT2D eigenvalue weighted by molar-refractivity contribution is 5.96. The van der Waals surface area contributed by atoms with Crippen molar-refractivity contribution in [3.05, 3.63) is 34.9 Å². The SMILES string of the molecule is Cc1c(C#CCCO)cccc1C(=O)NC1CCC(C)C1. The van der Waals surface area contributed by atoms with Gasteiger partial charge in [-0.1, -0.05) is 24.8 Å². The molecule has 2 N–H and O–H groups in total. The number of nitrogens with one attached hydrogen (secondary N) is 1. The van der Waals surface area contributed by atoms with Crippen molar-refractivity contribution in [2.75, 3.05) is 6.61 Å². The molecule has 2 rings (SSSR count). The second-order valence-electron chi connectivity index (χ2n) is 5.84. The van der Waals surface area contributed by atoms with Crippen LogP contribution in [0, 0.1) is 24.7 Å². The van der Waals surface area contributed by atoms with Crippen LogP contribution in [0.2, 0.25) is 0 Å². The van der Waals surface area contributed by atoms with E-state index in [1.165, 1.54) is 6.42 Å². The van der Waals surface area contributed by atoms with Crippen LogP contribution in [0.4, 0.5) is 0 Å². The van der Waals surface area contributed by atoms with Crippen LogP contribution in [0.5, 0.6) is 0 Å². The molecular formula is C18H23NO2. The van der Waals surface area contributed by atoms with Gasteiger partial charge in [0.05, 0.1) is 6.61 Å². The average Bonchev–Trinajstić information content (AvgIpc) is 2.86. The van der Waals surface area contributed by atoms with Crippen LogP contribution in [0.1, 0.15) is 54.1 Å². The molecule has 1 amide bonds. The van der Waals surface area contributed by atoms with E-state index < -0.39 is 0 Å². The molecule has 1 fully saturated rings. The molecule has 1 aromatic rings. The van der Waals surface area contributed by atoms with Gasteiger partial charge in [0.2, 0.25) is 0 Å².